The number of halogens is 1. The summed E-state index contributed by atoms with van der Waals surface area (Å²) in [6.07, 6.45) is 0. The van der Waals surface area contributed by atoms with E-state index in [0.717, 1.165) is 0 Å². The zero-order valence-electron chi connectivity index (χ0n) is 43.6. The second-order valence-electron chi connectivity index (χ2n) is 14.8. The van der Waals surface area contributed by atoms with E-state index in [4.69, 9.17) is 47.1 Å². The third-order valence-corrected chi connectivity index (χ3v) is 10.5. The molecule has 262 valence electrons. The van der Waals surface area contributed by atoms with Gasteiger partial charge in [0.05, 0.1) is 52.8 Å². The Morgan fingerprint density at radius 2 is 0.776 bits per heavy atom. The van der Waals surface area contributed by atoms with E-state index >= 15 is 0 Å². The molecule has 0 unspecified atom stereocenters. The van der Waals surface area contributed by atoms with Crippen molar-refractivity contribution >= 4 is 64.1 Å². The first kappa shape index (κ1) is 24.1. The summed E-state index contributed by atoms with van der Waals surface area (Å²) in [5.74, 6) is 0. The highest BCUT2D eigenvalue weighted by atomic mass is 79.9. The molecule has 3 saturated heterocycles. The summed E-state index contributed by atoms with van der Waals surface area (Å²) in [4.78, 5) is 0. The van der Waals surface area contributed by atoms with Crippen LogP contribution in [0.2, 0.25) is 0 Å². The molecule has 7 rings (SSSR count). The SMILES string of the molecule is C.CC1(C)OB(B2OC(C)(C)C(C)(C)O2)OC1(C)C.[2H]c1c([2H])c([2H])c2c(B3OC(C)(C)C(C)(C)O3)c([2H])c([2H])c([2H])c2c1[2H].[2H]c1c([2H])c([2H])c2c(Br)c([2H])c([2H])c([2H])c2c1[2H]. The van der Waals surface area contributed by atoms with E-state index in [2.05, 4.69) is 15.9 Å². The van der Waals surface area contributed by atoms with Gasteiger partial charge in [-0.1, -0.05) is 102 Å². The molecule has 6 nitrogen and oxygen atoms in total. The van der Waals surface area contributed by atoms with Crippen LogP contribution in [-0.4, -0.2) is 54.7 Å². The van der Waals surface area contributed by atoms with Gasteiger partial charge in [0.15, 0.2) is 0 Å². The standard InChI is InChI=1S/C16H19BO2.C12H24B2O4.C10H7Br.CH4/c1-15(2)16(3,4)19-17(18-15)14-11-7-9-12-8-5-6-10-13(12)14;1-9(2)10(3,4)16-13(15-9)14-17-11(5,6)12(7,8)18-14;11-10-7-3-5-8-4-1-2-6-9(8)10;/h5-11H,1-4H3;1-8H3;1-7H;1H4/i5D,6D,7D,8D,9D,10D,11D;;1D,2D,3D,4D,5D,6D,7D;. The van der Waals surface area contributed by atoms with E-state index in [1.807, 2.05) is 83.1 Å². The third kappa shape index (κ3) is 8.01. The highest BCUT2D eigenvalue weighted by molar-refractivity contribution is 9.10. The molecule has 0 aromatic heterocycles. The molecule has 3 aliphatic rings. The number of fused-ring (bicyclic) bond motifs is 2. The van der Waals surface area contributed by atoms with E-state index in [1.54, 1.807) is 0 Å². The summed E-state index contributed by atoms with van der Waals surface area (Å²) in [6.45, 7) is 23.5. The molecule has 3 fully saturated rings. The summed E-state index contributed by atoms with van der Waals surface area (Å²) in [5.41, 5.74) is -2.82. The van der Waals surface area contributed by atoms with Crippen LogP contribution in [0.5, 0.6) is 0 Å². The molecule has 0 N–H and O–H groups in total. The van der Waals surface area contributed by atoms with Crippen LogP contribution in [0, 0.1) is 0 Å². The maximum absolute atomic E-state index is 8.31. The van der Waals surface area contributed by atoms with Crippen LogP contribution in [0.3, 0.4) is 0 Å². The predicted octanol–water partition coefficient (Wildman–Crippen LogP) is 9.63. The zero-order chi connectivity index (χ0) is 47.5. The molecular weight excluding hydrogens is 677 g/mol. The van der Waals surface area contributed by atoms with Crippen molar-refractivity contribution in [3.05, 3.63) is 89.1 Å². The van der Waals surface area contributed by atoms with Gasteiger partial charge in [0.2, 0.25) is 0 Å². The summed E-state index contributed by atoms with van der Waals surface area (Å²) in [6, 6.07) is -5.35. The van der Waals surface area contributed by atoms with Crippen LogP contribution >= 0.6 is 15.9 Å². The van der Waals surface area contributed by atoms with Crippen LogP contribution in [0.15, 0.2) is 89.1 Å². The lowest BCUT2D eigenvalue weighted by molar-refractivity contribution is 0.00578. The van der Waals surface area contributed by atoms with Gasteiger partial charge in [0, 0.05) is 4.47 Å². The molecule has 3 aliphatic heterocycles. The molecule has 0 aliphatic carbocycles. The van der Waals surface area contributed by atoms with Crippen LogP contribution in [0.25, 0.3) is 21.5 Å². The van der Waals surface area contributed by atoms with Crippen molar-refractivity contribution in [1.82, 2.24) is 0 Å². The minimum atomic E-state index is -1.07. The Morgan fingerprint density at radius 3 is 1.22 bits per heavy atom. The Balaban J connectivity index is 0.000000211. The minimum Gasteiger partial charge on any atom is -0.405 e. The first-order valence-corrected chi connectivity index (χ1v) is 16.5. The molecule has 3 heterocycles. The van der Waals surface area contributed by atoms with E-state index in [9.17, 15) is 0 Å². The molecule has 0 saturated carbocycles. The smallest absolute Gasteiger partial charge is 0.405 e. The van der Waals surface area contributed by atoms with Gasteiger partial charge < -0.3 is 27.9 Å². The van der Waals surface area contributed by atoms with Gasteiger partial charge >= 0.3 is 21.1 Å². The minimum absolute atomic E-state index is 0. The van der Waals surface area contributed by atoms with Crippen molar-refractivity contribution in [2.75, 3.05) is 0 Å². The summed E-state index contributed by atoms with van der Waals surface area (Å²) >= 11 is 3.07. The molecule has 10 heteroatoms. The lowest BCUT2D eigenvalue weighted by atomic mass is 9.49. The average molecular weight is 745 g/mol. The number of hydrogen-bond donors (Lipinski definition) is 0. The van der Waals surface area contributed by atoms with E-state index in [-0.39, 0.29) is 104 Å². The summed E-state index contributed by atoms with van der Waals surface area (Å²) in [5, 5.41) is -0.0527. The van der Waals surface area contributed by atoms with Crippen molar-refractivity contribution in [2.45, 2.75) is 124 Å². The topological polar surface area (TPSA) is 55.4 Å². The van der Waals surface area contributed by atoms with Crippen LogP contribution in [0.1, 0.15) is 110 Å². The Labute approximate surface area is 324 Å². The predicted molar refractivity (Wildman–Crippen MR) is 210 cm³/mol. The van der Waals surface area contributed by atoms with Gasteiger partial charge in [-0.2, -0.15) is 0 Å². The quantitative estimate of drug-likeness (QED) is 0.191. The molecular formula is C39H54B3BrO6. The molecule has 0 radical (unpaired) electrons. The van der Waals surface area contributed by atoms with E-state index in [0.29, 0.717) is 0 Å². The van der Waals surface area contributed by atoms with Crippen LogP contribution < -0.4 is 5.46 Å². The number of rotatable bonds is 2. The highest BCUT2D eigenvalue weighted by Crippen LogP contribution is 2.43. The lowest BCUT2D eigenvalue weighted by Gasteiger charge is -2.32. The first-order chi connectivity index (χ1) is 28.0. The first-order valence-electron chi connectivity index (χ1n) is 22.7. The van der Waals surface area contributed by atoms with Crippen LogP contribution in [0.4, 0.5) is 0 Å². The molecule has 0 bridgehead atoms. The fourth-order valence-corrected chi connectivity index (χ4v) is 5.15. The van der Waals surface area contributed by atoms with Crippen molar-refractivity contribution in [2.24, 2.45) is 0 Å². The number of hydrogen-bond acceptors (Lipinski definition) is 6. The lowest BCUT2D eigenvalue weighted by Crippen LogP contribution is -2.41. The third-order valence-electron chi connectivity index (χ3n) is 9.86. The van der Waals surface area contributed by atoms with Gasteiger partial charge in [-0.25, -0.2) is 0 Å². The van der Waals surface area contributed by atoms with Gasteiger partial charge in [-0.05, 0) is 116 Å². The molecule has 49 heavy (non-hydrogen) atoms. The fraction of sp³-hybridized carbons (Fsp3) is 0.487. The maximum atomic E-state index is 8.31. The Hall–Kier alpha value is -2.17. The largest absolute Gasteiger partial charge is 0.495 e. The van der Waals surface area contributed by atoms with E-state index in [1.165, 1.54) is 0 Å². The van der Waals surface area contributed by atoms with Gasteiger partial charge in [-0.15, -0.1) is 0 Å². The van der Waals surface area contributed by atoms with E-state index < -0.39 is 74.6 Å². The Bertz CT molecular complexity index is 2300. The maximum Gasteiger partial charge on any atom is 0.495 e. The second kappa shape index (κ2) is 14.1. The Morgan fingerprint density at radius 1 is 0.449 bits per heavy atom. The summed E-state index contributed by atoms with van der Waals surface area (Å²) in [7, 11) is -2.02. The number of benzene rings is 4. The molecule has 4 aromatic carbocycles. The van der Waals surface area contributed by atoms with Gasteiger partial charge in [-0.3, -0.25) is 0 Å². The van der Waals surface area contributed by atoms with Crippen molar-refractivity contribution in [3.63, 3.8) is 0 Å². The molecule has 0 atom stereocenters. The van der Waals surface area contributed by atoms with Crippen molar-refractivity contribution in [3.8, 4) is 0 Å². The molecule has 0 amide bonds. The highest BCUT2D eigenvalue weighted by Gasteiger charge is 2.63. The van der Waals surface area contributed by atoms with Crippen molar-refractivity contribution in [1.29, 1.82) is 0 Å². The average Bonchev–Trinajstić information content (AvgIpc) is 3.63. The monoisotopic (exact) mass is 744 g/mol. The van der Waals surface area contributed by atoms with Gasteiger partial charge in [0.1, 0.15) is 0 Å². The molecule has 0 spiro atoms. The molecule has 4 aromatic rings. The van der Waals surface area contributed by atoms with Crippen LogP contribution in [-0.2, 0) is 27.9 Å². The van der Waals surface area contributed by atoms with Crippen molar-refractivity contribution < 1.29 is 47.1 Å². The zero-order valence-corrected chi connectivity index (χ0v) is 31.1. The second-order valence-corrected chi connectivity index (χ2v) is 15.6. The fourth-order valence-electron chi connectivity index (χ4n) is 4.75. The summed E-state index contributed by atoms with van der Waals surface area (Å²) < 4.78 is 146. The Kier molecular flexibility index (Phi) is 6.95. The normalized spacial score (nSPS) is 26.2. The van der Waals surface area contributed by atoms with Gasteiger partial charge in [0.25, 0.3) is 0 Å².